The van der Waals surface area contributed by atoms with E-state index in [1.165, 1.54) is 32.6 Å². The number of halogens is 1. The van der Waals surface area contributed by atoms with Crippen molar-refractivity contribution in [3.05, 3.63) is 52.5 Å². The topological polar surface area (TPSA) is 80.2 Å². The Balaban J connectivity index is 1.99. The van der Waals surface area contributed by atoms with Crippen LogP contribution in [0.4, 0.5) is 0 Å². The Morgan fingerprint density at radius 3 is 2.58 bits per heavy atom. The summed E-state index contributed by atoms with van der Waals surface area (Å²) < 4.78 is 10.3. The minimum Gasteiger partial charge on any atom is -0.508 e. The number of carbonyl (C=O) groups is 1. The number of methoxy groups -OCH3 is 2. The number of hydrogen-bond donors (Lipinski definition) is 2. The van der Waals surface area contributed by atoms with Gasteiger partial charge in [-0.3, -0.25) is 4.79 Å². The Hall–Kier alpha value is -2.73. The summed E-state index contributed by atoms with van der Waals surface area (Å²) in [6.45, 7) is 0. The fourth-order valence-corrected chi connectivity index (χ4v) is 2.33. The van der Waals surface area contributed by atoms with Crippen LogP contribution in [0.25, 0.3) is 0 Å². The first kappa shape index (κ1) is 17.6. The molecule has 7 heteroatoms. The van der Waals surface area contributed by atoms with Gasteiger partial charge >= 0.3 is 0 Å². The zero-order chi connectivity index (χ0) is 17.5. The van der Waals surface area contributed by atoms with Gasteiger partial charge in [-0.15, -0.1) is 0 Å². The molecule has 2 aromatic rings. The molecule has 0 atom stereocenters. The molecule has 126 valence electrons. The van der Waals surface area contributed by atoms with Gasteiger partial charge in [0.25, 0.3) is 0 Å². The lowest BCUT2D eigenvalue weighted by Crippen LogP contribution is -2.19. The van der Waals surface area contributed by atoms with Crippen LogP contribution < -0.4 is 14.9 Å². The van der Waals surface area contributed by atoms with Crippen LogP contribution >= 0.6 is 11.6 Å². The van der Waals surface area contributed by atoms with E-state index >= 15 is 0 Å². The molecule has 0 heterocycles. The maximum atomic E-state index is 11.8. The third-order valence-electron chi connectivity index (χ3n) is 3.16. The molecular formula is C17H17ClN2O4. The summed E-state index contributed by atoms with van der Waals surface area (Å²) in [5.41, 5.74) is 3.86. The molecule has 0 unspecified atom stereocenters. The first-order chi connectivity index (χ1) is 11.5. The van der Waals surface area contributed by atoms with Gasteiger partial charge in [0, 0.05) is 0 Å². The van der Waals surface area contributed by atoms with Crippen molar-refractivity contribution in [2.24, 2.45) is 5.10 Å². The highest BCUT2D eigenvalue weighted by Crippen LogP contribution is 2.35. The maximum absolute atomic E-state index is 11.8. The van der Waals surface area contributed by atoms with E-state index in [2.05, 4.69) is 10.5 Å². The van der Waals surface area contributed by atoms with Gasteiger partial charge in [-0.2, -0.15) is 5.10 Å². The predicted molar refractivity (Wildman–Crippen MR) is 92.1 cm³/mol. The van der Waals surface area contributed by atoms with Gasteiger partial charge in [0.05, 0.1) is 31.9 Å². The molecule has 0 radical (unpaired) electrons. The molecule has 6 nitrogen and oxygen atoms in total. The molecule has 2 N–H and O–H groups in total. The predicted octanol–water partition coefficient (Wildman–Crippen LogP) is 2.76. The van der Waals surface area contributed by atoms with Crippen LogP contribution in [0.15, 0.2) is 41.5 Å². The largest absolute Gasteiger partial charge is 0.508 e. The van der Waals surface area contributed by atoms with Crippen molar-refractivity contribution in [3.8, 4) is 17.2 Å². The van der Waals surface area contributed by atoms with Gasteiger partial charge in [-0.05, 0) is 35.4 Å². The third kappa shape index (κ3) is 4.63. The lowest BCUT2D eigenvalue weighted by atomic mass is 10.1. The van der Waals surface area contributed by atoms with Crippen LogP contribution in [-0.4, -0.2) is 31.4 Å². The van der Waals surface area contributed by atoms with Gasteiger partial charge in [0.1, 0.15) is 5.75 Å². The molecule has 1 amide bonds. The highest BCUT2D eigenvalue weighted by atomic mass is 35.5. The van der Waals surface area contributed by atoms with Crippen molar-refractivity contribution in [3.63, 3.8) is 0 Å². The van der Waals surface area contributed by atoms with Crippen molar-refractivity contribution in [1.82, 2.24) is 5.43 Å². The molecule has 24 heavy (non-hydrogen) atoms. The number of aromatic hydroxyl groups is 1. The van der Waals surface area contributed by atoms with E-state index in [1.807, 2.05) is 0 Å². The number of phenols is 1. The number of carbonyl (C=O) groups excluding carboxylic acids is 1. The summed E-state index contributed by atoms with van der Waals surface area (Å²) in [5.74, 6) is 0.792. The number of hydrazone groups is 1. The third-order valence-corrected chi connectivity index (χ3v) is 3.44. The van der Waals surface area contributed by atoms with E-state index in [0.29, 0.717) is 22.1 Å². The van der Waals surface area contributed by atoms with E-state index in [9.17, 15) is 9.90 Å². The van der Waals surface area contributed by atoms with Crippen LogP contribution in [0.5, 0.6) is 17.2 Å². The maximum Gasteiger partial charge on any atom is 0.244 e. The number of benzene rings is 2. The second-order valence-corrected chi connectivity index (χ2v) is 5.28. The molecule has 0 spiro atoms. The van der Waals surface area contributed by atoms with Crippen LogP contribution in [0.1, 0.15) is 11.1 Å². The quantitative estimate of drug-likeness (QED) is 0.621. The van der Waals surface area contributed by atoms with Crippen LogP contribution in [0, 0.1) is 0 Å². The van der Waals surface area contributed by atoms with Gasteiger partial charge in [0.2, 0.25) is 5.91 Å². The molecule has 0 saturated carbocycles. The first-order valence-corrected chi connectivity index (χ1v) is 7.42. The zero-order valence-electron chi connectivity index (χ0n) is 13.2. The Labute approximate surface area is 144 Å². The first-order valence-electron chi connectivity index (χ1n) is 7.05. The van der Waals surface area contributed by atoms with Gasteiger partial charge in [0.15, 0.2) is 11.5 Å². The number of phenolic OH excluding ortho intramolecular Hbond substituents is 1. The number of ether oxygens (including phenoxy) is 2. The zero-order valence-corrected chi connectivity index (χ0v) is 14.0. The van der Waals surface area contributed by atoms with E-state index in [4.69, 9.17) is 21.1 Å². The molecule has 0 aliphatic heterocycles. The molecule has 0 aromatic heterocycles. The van der Waals surface area contributed by atoms with Crippen LogP contribution in [-0.2, 0) is 11.2 Å². The Bertz CT molecular complexity index is 745. The van der Waals surface area contributed by atoms with E-state index in [-0.39, 0.29) is 18.1 Å². The molecule has 2 aromatic carbocycles. The van der Waals surface area contributed by atoms with Gasteiger partial charge < -0.3 is 14.6 Å². The van der Waals surface area contributed by atoms with Gasteiger partial charge in [-0.25, -0.2) is 5.43 Å². The second kappa shape index (κ2) is 8.21. The van der Waals surface area contributed by atoms with Crippen molar-refractivity contribution in [2.45, 2.75) is 6.42 Å². The molecule has 0 bridgehead atoms. The fraction of sp³-hybridized carbons (Fsp3) is 0.176. The monoisotopic (exact) mass is 348 g/mol. The van der Waals surface area contributed by atoms with E-state index in [1.54, 1.807) is 24.3 Å². The highest BCUT2D eigenvalue weighted by Gasteiger charge is 2.10. The van der Waals surface area contributed by atoms with Gasteiger partial charge in [-0.1, -0.05) is 23.7 Å². The standard InChI is InChI=1S/C17H17ClN2O4/c1-23-15-8-12(7-14(18)17(15)24-2)10-19-20-16(22)9-11-3-5-13(21)6-4-11/h3-8,10,21H,9H2,1-2H3,(H,20,22)/b19-10-. The minimum atomic E-state index is -0.275. The average molecular weight is 349 g/mol. The highest BCUT2D eigenvalue weighted by molar-refractivity contribution is 6.32. The Morgan fingerprint density at radius 1 is 1.25 bits per heavy atom. The van der Waals surface area contributed by atoms with Crippen LogP contribution in [0.2, 0.25) is 5.02 Å². The van der Waals surface area contributed by atoms with E-state index in [0.717, 1.165) is 5.56 Å². The van der Waals surface area contributed by atoms with Crippen molar-refractivity contribution in [1.29, 1.82) is 0 Å². The summed E-state index contributed by atoms with van der Waals surface area (Å²) in [6, 6.07) is 9.74. The lowest BCUT2D eigenvalue weighted by molar-refractivity contribution is -0.120. The summed E-state index contributed by atoms with van der Waals surface area (Å²) in [7, 11) is 3.01. The molecule has 0 aliphatic rings. The smallest absolute Gasteiger partial charge is 0.244 e. The van der Waals surface area contributed by atoms with Crippen LogP contribution in [0.3, 0.4) is 0 Å². The number of nitrogens with one attached hydrogen (secondary N) is 1. The Morgan fingerprint density at radius 2 is 1.96 bits per heavy atom. The summed E-state index contributed by atoms with van der Waals surface area (Å²) in [5, 5.41) is 13.5. The van der Waals surface area contributed by atoms with Crippen molar-refractivity contribution >= 4 is 23.7 Å². The number of amides is 1. The normalized spacial score (nSPS) is 10.6. The number of hydrogen-bond acceptors (Lipinski definition) is 5. The summed E-state index contributed by atoms with van der Waals surface area (Å²) in [6.07, 6.45) is 1.62. The Kier molecular flexibility index (Phi) is 6.03. The van der Waals surface area contributed by atoms with E-state index < -0.39 is 0 Å². The fourth-order valence-electron chi connectivity index (χ4n) is 2.03. The van der Waals surface area contributed by atoms with Crippen molar-refractivity contribution < 1.29 is 19.4 Å². The molecule has 0 aliphatic carbocycles. The number of rotatable bonds is 6. The lowest BCUT2D eigenvalue weighted by Gasteiger charge is -2.09. The molecule has 0 fully saturated rings. The number of nitrogens with zero attached hydrogens (tertiary/aromatic N) is 1. The minimum absolute atomic E-state index is 0.155. The summed E-state index contributed by atoms with van der Waals surface area (Å²) >= 11 is 6.10. The SMILES string of the molecule is COc1cc(/C=N\NC(=O)Cc2ccc(O)cc2)cc(Cl)c1OC. The molecule has 0 saturated heterocycles. The summed E-state index contributed by atoms with van der Waals surface area (Å²) in [4.78, 5) is 11.8. The van der Waals surface area contributed by atoms with Crippen molar-refractivity contribution in [2.75, 3.05) is 14.2 Å². The molecule has 2 rings (SSSR count). The second-order valence-electron chi connectivity index (χ2n) is 4.87. The molecular weight excluding hydrogens is 332 g/mol. The average Bonchev–Trinajstić information content (AvgIpc) is 2.56.